The number of H-pyrrole nitrogens is 1. The topological polar surface area (TPSA) is 96.2 Å². The van der Waals surface area contributed by atoms with E-state index in [0.717, 1.165) is 10.9 Å². The molecular formula is C12H12N2O3. The van der Waals surface area contributed by atoms with Crippen molar-refractivity contribution >= 4 is 16.9 Å². The van der Waals surface area contributed by atoms with Gasteiger partial charge in [0.25, 0.3) is 0 Å². The van der Waals surface area contributed by atoms with E-state index in [9.17, 15) is 9.59 Å². The molecular weight excluding hydrogens is 220 g/mol. The highest BCUT2D eigenvalue weighted by Gasteiger charge is 2.14. The van der Waals surface area contributed by atoms with Gasteiger partial charge in [-0.05, 0) is 30.2 Å². The van der Waals surface area contributed by atoms with Crippen LogP contribution >= 0.6 is 0 Å². The number of aryl methyl sites for hydroxylation is 1. The van der Waals surface area contributed by atoms with Crippen molar-refractivity contribution in [3.63, 3.8) is 0 Å². The maximum absolute atomic E-state index is 11.3. The molecule has 0 spiro atoms. The van der Waals surface area contributed by atoms with Gasteiger partial charge in [0, 0.05) is 17.0 Å². The first kappa shape index (κ1) is 11.3. The predicted molar refractivity (Wildman–Crippen MR) is 63.9 cm³/mol. The minimum Gasteiger partial charge on any atom is -0.480 e. The Labute approximate surface area is 96.9 Å². The van der Waals surface area contributed by atoms with E-state index >= 15 is 0 Å². The lowest BCUT2D eigenvalue weighted by molar-refractivity contribution is -0.138. The van der Waals surface area contributed by atoms with Gasteiger partial charge in [0.2, 0.25) is 5.56 Å². The summed E-state index contributed by atoms with van der Waals surface area (Å²) in [6.45, 7) is 1.80. The molecule has 1 atom stereocenters. The van der Waals surface area contributed by atoms with Crippen molar-refractivity contribution < 1.29 is 9.90 Å². The summed E-state index contributed by atoms with van der Waals surface area (Å²) in [5.74, 6) is -1.08. The van der Waals surface area contributed by atoms with Crippen molar-refractivity contribution in [1.82, 2.24) is 4.98 Å². The van der Waals surface area contributed by atoms with E-state index in [2.05, 4.69) is 4.98 Å². The number of carboxylic acids is 1. The highest BCUT2D eigenvalue weighted by molar-refractivity contribution is 5.84. The van der Waals surface area contributed by atoms with E-state index in [1.807, 2.05) is 0 Å². The fraction of sp³-hybridized carbons (Fsp3) is 0.167. The van der Waals surface area contributed by atoms with Crippen molar-refractivity contribution in [3.05, 3.63) is 45.7 Å². The third-order valence-corrected chi connectivity index (χ3v) is 2.70. The lowest BCUT2D eigenvalue weighted by atomic mass is 10.0. The Balaban J connectivity index is 2.66. The summed E-state index contributed by atoms with van der Waals surface area (Å²) in [5, 5.41) is 9.64. The first-order chi connectivity index (χ1) is 7.99. The van der Waals surface area contributed by atoms with Crippen LogP contribution in [0.25, 0.3) is 10.9 Å². The number of nitrogens with two attached hydrogens (primary N) is 1. The molecule has 1 aromatic heterocycles. The van der Waals surface area contributed by atoms with Crippen LogP contribution in [0.4, 0.5) is 0 Å². The molecule has 0 saturated carbocycles. The van der Waals surface area contributed by atoms with Gasteiger partial charge in [-0.1, -0.05) is 6.07 Å². The molecule has 0 saturated heterocycles. The molecule has 0 aliphatic carbocycles. The maximum Gasteiger partial charge on any atom is 0.325 e. The Morgan fingerprint density at radius 1 is 1.41 bits per heavy atom. The molecule has 5 heteroatoms. The zero-order chi connectivity index (χ0) is 12.6. The van der Waals surface area contributed by atoms with Gasteiger partial charge in [-0.3, -0.25) is 9.59 Å². The van der Waals surface area contributed by atoms with E-state index in [-0.39, 0.29) is 5.56 Å². The van der Waals surface area contributed by atoms with Crippen LogP contribution in [0.3, 0.4) is 0 Å². The zero-order valence-corrected chi connectivity index (χ0v) is 9.23. The summed E-state index contributed by atoms with van der Waals surface area (Å²) in [4.78, 5) is 24.7. The van der Waals surface area contributed by atoms with Crippen molar-refractivity contribution in [2.75, 3.05) is 0 Å². The minimum absolute atomic E-state index is 0.176. The van der Waals surface area contributed by atoms with Gasteiger partial charge >= 0.3 is 5.97 Å². The van der Waals surface area contributed by atoms with Gasteiger partial charge in [-0.2, -0.15) is 0 Å². The zero-order valence-electron chi connectivity index (χ0n) is 9.23. The molecule has 4 N–H and O–H groups in total. The predicted octanol–water partition coefficient (Wildman–Crippen LogP) is 0.921. The second-order valence-electron chi connectivity index (χ2n) is 3.94. The Hall–Kier alpha value is -2.14. The molecule has 0 radical (unpaired) electrons. The largest absolute Gasteiger partial charge is 0.480 e. The Morgan fingerprint density at radius 2 is 2.12 bits per heavy atom. The smallest absolute Gasteiger partial charge is 0.325 e. The number of rotatable bonds is 2. The van der Waals surface area contributed by atoms with Crippen LogP contribution in [-0.4, -0.2) is 16.1 Å². The standard InChI is InChI=1S/C12H12N2O3/c1-6-4-10(15)14-9-3-2-7(5-8(6)9)11(13)12(16)17/h2-5,11H,13H2,1H3,(H,14,15)(H,16,17). The number of carboxylic acid groups (broad SMARTS) is 1. The Kier molecular flexibility index (Phi) is 2.69. The third kappa shape index (κ3) is 2.05. The molecule has 0 aliphatic rings. The molecule has 5 nitrogen and oxygen atoms in total. The average Bonchev–Trinajstić information content (AvgIpc) is 2.27. The Bertz CT molecular complexity index is 646. The van der Waals surface area contributed by atoms with Gasteiger partial charge in [-0.15, -0.1) is 0 Å². The molecule has 0 fully saturated rings. The van der Waals surface area contributed by atoms with Crippen LogP contribution in [0.15, 0.2) is 29.1 Å². The molecule has 1 unspecified atom stereocenters. The summed E-state index contributed by atoms with van der Waals surface area (Å²) in [7, 11) is 0. The first-order valence-corrected chi connectivity index (χ1v) is 5.11. The normalized spacial score (nSPS) is 12.6. The van der Waals surface area contributed by atoms with E-state index in [1.54, 1.807) is 25.1 Å². The van der Waals surface area contributed by atoms with Gasteiger partial charge in [0.15, 0.2) is 0 Å². The number of hydrogen-bond acceptors (Lipinski definition) is 3. The number of aromatic amines is 1. The van der Waals surface area contributed by atoms with E-state index in [1.165, 1.54) is 6.07 Å². The number of pyridine rings is 1. The maximum atomic E-state index is 11.3. The summed E-state index contributed by atoms with van der Waals surface area (Å²) in [6.07, 6.45) is 0. The second kappa shape index (κ2) is 4.03. The van der Waals surface area contributed by atoms with E-state index < -0.39 is 12.0 Å². The molecule has 1 heterocycles. The molecule has 0 bridgehead atoms. The molecule has 2 aromatic rings. The highest BCUT2D eigenvalue weighted by atomic mass is 16.4. The summed E-state index contributed by atoms with van der Waals surface area (Å²) in [5.41, 5.74) is 7.35. The number of fused-ring (bicyclic) bond motifs is 1. The number of benzene rings is 1. The Morgan fingerprint density at radius 3 is 2.76 bits per heavy atom. The van der Waals surface area contributed by atoms with Gasteiger partial charge in [0.1, 0.15) is 6.04 Å². The quantitative estimate of drug-likeness (QED) is 0.717. The van der Waals surface area contributed by atoms with Crippen LogP contribution in [0.2, 0.25) is 0 Å². The molecule has 0 aliphatic heterocycles. The van der Waals surface area contributed by atoms with Crippen LogP contribution in [0, 0.1) is 6.92 Å². The SMILES string of the molecule is Cc1cc(=O)[nH]c2ccc(C(N)C(=O)O)cc12. The van der Waals surface area contributed by atoms with Crippen LogP contribution in [0.5, 0.6) is 0 Å². The van der Waals surface area contributed by atoms with Crippen molar-refractivity contribution in [2.45, 2.75) is 13.0 Å². The monoisotopic (exact) mass is 232 g/mol. The first-order valence-electron chi connectivity index (χ1n) is 5.11. The summed E-state index contributed by atoms with van der Waals surface area (Å²) in [6, 6.07) is 5.39. The molecule has 88 valence electrons. The molecule has 0 amide bonds. The van der Waals surface area contributed by atoms with Gasteiger partial charge in [-0.25, -0.2) is 0 Å². The van der Waals surface area contributed by atoms with Crippen molar-refractivity contribution in [1.29, 1.82) is 0 Å². The molecule has 17 heavy (non-hydrogen) atoms. The highest BCUT2D eigenvalue weighted by Crippen LogP contribution is 2.19. The van der Waals surface area contributed by atoms with Gasteiger partial charge < -0.3 is 15.8 Å². The number of nitrogens with one attached hydrogen (secondary N) is 1. The van der Waals surface area contributed by atoms with Crippen molar-refractivity contribution in [2.24, 2.45) is 5.73 Å². The number of aromatic nitrogens is 1. The number of aliphatic carboxylic acids is 1. The van der Waals surface area contributed by atoms with E-state index in [4.69, 9.17) is 10.8 Å². The molecule has 1 aromatic carbocycles. The lowest BCUT2D eigenvalue weighted by Gasteiger charge is -2.09. The second-order valence-corrected chi connectivity index (χ2v) is 3.94. The fourth-order valence-corrected chi connectivity index (χ4v) is 1.78. The molecule has 2 rings (SSSR count). The number of carbonyl (C=O) groups is 1. The van der Waals surface area contributed by atoms with E-state index in [0.29, 0.717) is 11.1 Å². The van der Waals surface area contributed by atoms with Crippen LogP contribution in [0.1, 0.15) is 17.2 Å². The fourth-order valence-electron chi connectivity index (χ4n) is 1.78. The van der Waals surface area contributed by atoms with Crippen LogP contribution < -0.4 is 11.3 Å². The minimum atomic E-state index is -1.08. The van der Waals surface area contributed by atoms with Crippen molar-refractivity contribution in [3.8, 4) is 0 Å². The summed E-state index contributed by atoms with van der Waals surface area (Å²) < 4.78 is 0. The third-order valence-electron chi connectivity index (χ3n) is 2.70. The number of hydrogen-bond donors (Lipinski definition) is 3. The lowest BCUT2D eigenvalue weighted by Crippen LogP contribution is -2.20. The average molecular weight is 232 g/mol. The summed E-state index contributed by atoms with van der Waals surface area (Å²) >= 11 is 0. The van der Waals surface area contributed by atoms with Crippen LogP contribution in [-0.2, 0) is 4.79 Å². The van der Waals surface area contributed by atoms with Gasteiger partial charge in [0.05, 0.1) is 0 Å².